The SMILES string of the molecule is CCC(=O)Nc1ccc(N2C(=S)N[C@@H](c3ccccn3)[C@@H]2c2cccn2-c2ccc(Br)cc2)cc1OC. The molecule has 1 aliphatic rings. The third-order valence-corrected chi connectivity index (χ3v) is 7.19. The molecular weight excluding hydrogens is 550 g/mol. The first-order chi connectivity index (χ1) is 18.0. The van der Waals surface area contributed by atoms with Crippen LogP contribution in [-0.4, -0.2) is 27.7 Å². The highest BCUT2D eigenvalue weighted by molar-refractivity contribution is 9.10. The van der Waals surface area contributed by atoms with Gasteiger partial charge in [-0.2, -0.15) is 0 Å². The van der Waals surface area contributed by atoms with Crippen LogP contribution in [-0.2, 0) is 4.79 Å². The number of pyridine rings is 1. The van der Waals surface area contributed by atoms with Crippen molar-refractivity contribution in [3.05, 3.63) is 101 Å². The number of methoxy groups -OCH3 is 1. The Morgan fingerprint density at radius 3 is 2.59 bits per heavy atom. The average Bonchev–Trinajstić information content (AvgIpc) is 3.54. The van der Waals surface area contributed by atoms with Gasteiger partial charge in [-0.3, -0.25) is 9.78 Å². The maximum absolute atomic E-state index is 12.0. The molecule has 1 saturated heterocycles. The Kier molecular flexibility index (Phi) is 7.25. The largest absolute Gasteiger partial charge is 0.494 e. The van der Waals surface area contributed by atoms with Crippen LogP contribution in [0.1, 0.15) is 36.8 Å². The highest BCUT2D eigenvalue weighted by Crippen LogP contribution is 2.44. The van der Waals surface area contributed by atoms with Crippen molar-refractivity contribution >= 4 is 50.5 Å². The maximum atomic E-state index is 12.0. The second-order valence-electron chi connectivity index (χ2n) is 8.56. The Labute approximate surface area is 229 Å². The fourth-order valence-corrected chi connectivity index (χ4v) is 5.19. The van der Waals surface area contributed by atoms with Crippen LogP contribution in [0.15, 0.2) is 89.7 Å². The van der Waals surface area contributed by atoms with E-state index in [0.29, 0.717) is 23.0 Å². The number of nitrogens with zero attached hydrogens (tertiary/aromatic N) is 3. The summed E-state index contributed by atoms with van der Waals surface area (Å²) >= 11 is 9.42. The Bertz CT molecular complexity index is 1420. The number of carbonyl (C=O) groups is 1. The van der Waals surface area contributed by atoms with Gasteiger partial charge in [0, 0.05) is 46.4 Å². The highest BCUT2D eigenvalue weighted by Gasteiger charge is 2.42. The molecular formula is C28H26BrN5O2S. The predicted octanol–water partition coefficient (Wildman–Crippen LogP) is 6.17. The number of ether oxygens (including phenoxy) is 1. The van der Waals surface area contributed by atoms with Gasteiger partial charge in [-0.1, -0.05) is 28.9 Å². The van der Waals surface area contributed by atoms with E-state index in [0.717, 1.165) is 27.2 Å². The van der Waals surface area contributed by atoms with Crippen molar-refractivity contribution in [2.75, 3.05) is 17.3 Å². The number of anilines is 2. The van der Waals surface area contributed by atoms with Gasteiger partial charge in [0.05, 0.1) is 24.5 Å². The lowest BCUT2D eigenvalue weighted by Gasteiger charge is -2.29. The van der Waals surface area contributed by atoms with Crippen LogP contribution in [0, 0.1) is 0 Å². The van der Waals surface area contributed by atoms with E-state index >= 15 is 0 Å². The zero-order valence-electron chi connectivity index (χ0n) is 20.4. The van der Waals surface area contributed by atoms with Gasteiger partial charge in [0.2, 0.25) is 5.91 Å². The first-order valence-electron chi connectivity index (χ1n) is 11.9. The Balaban J connectivity index is 1.62. The van der Waals surface area contributed by atoms with Crippen LogP contribution < -0.4 is 20.3 Å². The summed E-state index contributed by atoms with van der Waals surface area (Å²) in [6, 6.07) is 23.5. The lowest BCUT2D eigenvalue weighted by molar-refractivity contribution is -0.115. The number of rotatable bonds is 7. The number of nitrogens with one attached hydrogen (secondary N) is 2. The van der Waals surface area contributed by atoms with E-state index in [1.807, 2.05) is 61.5 Å². The van der Waals surface area contributed by atoms with Gasteiger partial charge in [-0.25, -0.2) is 0 Å². The summed E-state index contributed by atoms with van der Waals surface area (Å²) < 4.78 is 8.83. The summed E-state index contributed by atoms with van der Waals surface area (Å²) in [5.74, 6) is 0.482. The first-order valence-corrected chi connectivity index (χ1v) is 13.1. The van der Waals surface area contributed by atoms with Gasteiger partial charge in [0.25, 0.3) is 0 Å². The number of halogens is 1. The van der Waals surface area contributed by atoms with E-state index < -0.39 is 0 Å². The van der Waals surface area contributed by atoms with E-state index in [2.05, 4.69) is 65.4 Å². The summed E-state index contributed by atoms with van der Waals surface area (Å²) in [6.45, 7) is 1.81. The molecule has 1 fully saturated rings. The van der Waals surface area contributed by atoms with Gasteiger partial charge in [0.15, 0.2) is 5.11 Å². The number of thiocarbonyl (C=S) groups is 1. The van der Waals surface area contributed by atoms with Gasteiger partial charge in [0.1, 0.15) is 11.8 Å². The smallest absolute Gasteiger partial charge is 0.224 e. The predicted molar refractivity (Wildman–Crippen MR) is 153 cm³/mol. The van der Waals surface area contributed by atoms with E-state index in [1.54, 1.807) is 13.3 Å². The number of carbonyl (C=O) groups excluding carboxylic acids is 1. The van der Waals surface area contributed by atoms with Crippen LogP contribution in [0.3, 0.4) is 0 Å². The third kappa shape index (κ3) is 4.97. The lowest BCUT2D eigenvalue weighted by atomic mass is 10.0. The molecule has 0 saturated carbocycles. The molecule has 2 atom stereocenters. The third-order valence-electron chi connectivity index (χ3n) is 6.34. The van der Waals surface area contributed by atoms with Gasteiger partial charge in [-0.05, 0) is 72.9 Å². The minimum absolute atomic E-state index is 0.0789. The molecule has 9 heteroatoms. The molecule has 0 aliphatic carbocycles. The Morgan fingerprint density at radius 2 is 1.89 bits per heavy atom. The maximum Gasteiger partial charge on any atom is 0.224 e. The molecule has 2 aromatic heterocycles. The Hall–Kier alpha value is -3.69. The quantitative estimate of drug-likeness (QED) is 0.257. The van der Waals surface area contributed by atoms with Crippen molar-refractivity contribution in [1.82, 2.24) is 14.9 Å². The van der Waals surface area contributed by atoms with E-state index in [9.17, 15) is 4.79 Å². The van der Waals surface area contributed by atoms with Crippen molar-refractivity contribution in [1.29, 1.82) is 0 Å². The van der Waals surface area contributed by atoms with Crippen LogP contribution in [0.5, 0.6) is 5.75 Å². The first kappa shape index (κ1) is 25.0. The molecule has 37 heavy (non-hydrogen) atoms. The average molecular weight is 577 g/mol. The molecule has 1 amide bonds. The minimum Gasteiger partial charge on any atom is -0.494 e. The molecule has 188 valence electrons. The van der Waals surface area contributed by atoms with Crippen LogP contribution in [0.25, 0.3) is 5.69 Å². The summed E-state index contributed by atoms with van der Waals surface area (Å²) in [5, 5.41) is 6.98. The molecule has 4 aromatic rings. The van der Waals surface area contributed by atoms with Crippen molar-refractivity contribution < 1.29 is 9.53 Å². The highest BCUT2D eigenvalue weighted by atomic mass is 79.9. The summed E-state index contributed by atoms with van der Waals surface area (Å²) in [4.78, 5) is 18.8. The molecule has 1 aliphatic heterocycles. The number of hydrogen-bond donors (Lipinski definition) is 2. The monoisotopic (exact) mass is 575 g/mol. The molecule has 0 radical (unpaired) electrons. The molecule has 7 nitrogen and oxygen atoms in total. The lowest BCUT2D eigenvalue weighted by Crippen LogP contribution is -2.30. The zero-order valence-corrected chi connectivity index (χ0v) is 22.8. The molecule has 5 rings (SSSR count). The molecule has 2 aromatic carbocycles. The van der Waals surface area contributed by atoms with Crippen LogP contribution >= 0.6 is 28.1 Å². The van der Waals surface area contributed by atoms with Crippen LogP contribution in [0.4, 0.5) is 11.4 Å². The fourth-order valence-electron chi connectivity index (χ4n) is 4.58. The van der Waals surface area contributed by atoms with E-state index in [-0.39, 0.29) is 18.0 Å². The summed E-state index contributed by atoms with van der Waals surface area (Å²) in [7, 11) is 1.59. The molecule has 0 bridgehead atoms. The topological polar surface area (TPSA) is 71.4 Å². The second kappa shape index (κ2) is 10.7. The van der Waals surface area contributed by atoms with Crippen molar-refractivity contribution in [2.24, 2.45) is 0 Å². The number of amides is 1. The van der Waals surface area contributed by atoms with Gasteiger partial charge >= 0.3 is 0 Å². The standard InChI is InChI=1S/C28H26BrN5O2S/c1-3-25(35)31-21-14-13-20(17-24(21)36-2)34-27(26(32-28(34)37)22-7-4-5-15-30-22)23-8-6-16-33(23)19-11-9-18(29)10-12-19/h4-17,26-27H,3H2,1-2H3,(H,31,35)(H,32,37)/t26-,27-/m0/s1. The van der Waals surface area contributed by atoms with Crippen molar-refractivity contribution in [3.8, 4) is 11.4 Å². The Morgan fingerprint density at radius 1 is 1.11 bits per heavy atom. The van der Waals surface area contributed by atoms with Crippen molar-refractivity contribution in [2.45, 2.75) is 25.4 Å². The fraction of sp³-hybridized carbons (Fsp3) is 0.179. The molecule has 3 heterocycles. The molecule has 2 N–H and O–H groups in total. The molecule has 0 spiro atoms. The summed E-state index contributed by atoms with van der Waals surface area (Å²) in [5.41, 5.74) is 4.44. The van der Waals surface area contributed by atoms with E-state index in [1.165, 1.54) is 0 Å². The normalized spacial score (nSPS) is 16.9. The minimum atomic E-state index is -0.207. The van der Waals surface area contributed by atoms with Crippen LogP contribution in [0.2, 0.25) is 0 Å². The van der Waals surface area contributed by atoms with E-state index in [4.69, 9.17) is 17.0 Å². The van der Waals surface area contributed by atoms with Crippen molar-refractivity contribution in [3.63, 3.8) is 0 Å². The van der Waals surface area contributed by atoms with Gasteiger partial charge < -0.3 is 24.8 Å². The second-order valence-corrected chi connectivity index (χ2v) is 9.86. The number of aromatic nitrogens is 2. The molecule has 0 unspecified atom stereocenters. The zero-order chi connectivity index (χ0) is 25.9. The number of hydrogen-bond acceptors (Lipinski definition) is 4. The number of benzene rings is 2. The van der Waals surface area contributed by atoms with Gasteiger partial charge in [-0.15, -0.1) is 0 Å². The summed E-state index contributed by atoms with van der Waals surface area (Å²) in [6.07, 6.45) is 4.23.